The van der Waals surface area contributed by atoms with Crippen molar-refractivity contribution in [3.05, 3.63) is 23.9 Å². The second-order valence-electron chi connectivity index (χ2n) is 2.63. The van der Waals surface area contributed by atoms with E-state index in [4.69, 9.17) is 5.73 Å². The minimum atomic E-state index is -0.452. The summed E-state index contributed by atoms with van der Waals surface area (Å²) in [5, 5.41) is 0. The molecule has 0 saturated carbocycles. The minimum absolute atomic E-state index is 0.447. The fourth-order valence-corrected chi connectivity index (χ4v) is 0.946. The van der Waals surface area contributed by atoms with E-state index in [0.717, 1.165) is 0 Å². The molecule has 0 aliphatic carbocycles. The van der Waals surface area contributed by atoms with Crippen molar-refractivity contribution in [2.75, 3.05) is 19.0 Å². The molecule has 0 fully saturated rings. The molecule has 1 aromatic heterocycles. The normalized spacial score (nSPS) is 9.50. The SMILES string of the molecule is CN(C)c1ncccc1C(N)=O. The molecular formula is C8H11N3O. The second kappa shape index (κ2) is 3.21. The first-order chi connectivity index (χ1) is 5.63. The number of amides is 1. The molecule has 0 unspecified atom stereocenters. The summed E-state index contributed by atoms with van der Waals surface area (Å²) < 4.78 is 0. The Labute approximate surface area is 71.0 Å². The first-order valence-corrected chi connectivity index (χ1v) is 3.55. The summed E-state index contributed by atoms with van der Waals surface area (Å²) in [7, 11) is 3.63. The lowest BCUT2D eigenvalue weighted by Gasteiger charge is -2.13. The van der Waals surface area contributed by atoms with Crippen LogP contribution >= 0.6 is 0 Å². The van der Waals surface area contributed by atoms with Crippen LogP contribution in [0.15, 0.2) is 18.3 Å². The van der Waals surface area contributed by atoms with E-state index < -0.39 is 5.91 Å². The third-order valence-corrected chi connectivity index (χ3v) is 1.48. The van der Waals surface area contributed by atoms with Gasteiger partial charge in [-0.3, -0.25) is 4.79 Å². The number of nitrogens with zero attached hydrogens (tertiary/aromatic N) is 2. The van der Waals surface area contributed by atoms with Crippen LogP contribution in [0.25, 0.3) is 0 Å². The van der Waals surface area contributed by atoms with Crippen LogP contribution in [0.4, 0.5) is 5.82 Å². The van der Waals surface area contributed by atoms with Crippen molar-refractivity contribution in [2.45, 2.75) is 0 Å². The molecule has 64 valence electrons. The summed E-state index contributed by atoms with van der Waals surface area (Å²) in [6.07, 6.45) is 1.63. The van der Waals surface area contributed by atoms with Crippen LogP contribution in [0.3, 0.4) is 0 Å². The van der Waals surface area contributed by atoms with Crippen molar-refractivity contribution < 1.29 is 4.79 Å². The van der Waals surface area contributed by atoms with Gasteiger partial charge in [-0.1, -0.05) is 0 Å². The highest BCUT2D eigenvalue weighted by atomic mass is 16.1. The summed E-state index contributed by atoms with van der Waals surface area (Å²) in [5.41, 5.74) is 5.59. The van der Waals surface area contributed by atoms with Crippen molar-refractivity contribution >= 4 is 11.7 Å². The van der Waals surface area contributed by atoms with E-state index in [9.17, 15) is 4.79 Å². The molecule has 0 aromatic carbocycles. The lowest BCUT2D eigenvalue weighted by molar-refractivity contribution is 0.100. The van der Waals surface area contributed by atoms with Crippen LogP contribution in [0.2, 0.25) is 0 Å². The number of aromatic nitrogens is 1. The Morgan fingerprint density at radius 1 is 1.58 bits per heavy atom. The molecule has 0 bridgehead atoms. The molecule has 0 atom stereocenters. The monoisotopic (exact) mass is 165 g/mol. The summed E-state index contributed by atoms with van der Waals surface area (Å²) in [5.74, 6) is 0.150. The second-order valence-corrected chi connectivity index (χ2v) is 2.63. The lowest BCUT2D eigenvalue weighted by atomic mass is 10.2. The number of primary amides is 1. The molecule has 4 heteroatoms. The summed E-state index contributed by atoms with van der Waals surface area (Å²) >= 11 is 0. The third kappa shape index (κ3) is 1.53. The molecule has 0 aliphatic rings. The Morgan fingerprint density at radius 2 is 2.25 bits per heavy atom. The highest BCUT2D eigenvalue weighted by Gasteiger charge is 2.08. The Kier molecular flexibility index (Phi) is 2.28. The molecule has 1 amide bonds. The highest BCUT2D eigenvalue weighted by Crippen LogP contribution is 2.12. The van der Waals surface area contributed by atoms with Gasteiger partial charge in [0.2, 0.25) is 0 Å². The number of hydrogen-bond acceptors (Lipinski definition) is 3. The Hall–Kier alpha value is -1.58. The van der Waals surface area contributed by atoms with Crippen LogP contribution in [-0.2, 0) is 0 Å². The van der Waals surface area contributed by atoms with Gasteiger partial charge in [0, 0.05) is 20.3 Å². The maximum Gasteiger partial charge on any atom is 0.252 e. The zero-order chi connectivity index (χ0) is 9.14. The molecule has 1 rings (SSSR count). The quantitative estimate of drug-likeness (QED) is 0.683. The van der Waals surface area contributed by atoms with Crippen LogP contribution in [0, 0.1) is 0 Å². The molecular weight excluding hydrogens is 154 g/mol. The van der Waals surface area contributed by atoms with E-state index in [2.05, 4.69) is 4.98 Å². The zero-order valence-electron chi connectivity index (χ0n) is 7.11. The largest absolute Gasteiger partial charge is 0.365 e. The standard InChI is InChI=1S/C8H11N3O/c1-11(2)8-6(7(9)12)4-3-5-10-8/h3-5H,1-2H3,(H2,9,12). The lowest BCUT2D eigenvalue weighted by Crippen LogP contribution is -2.19. The van der Waals surface area contributed by atoms with Gasteiger partial charge in [-0.25, -0.2) is 4.98 Å². The number of pyridine rings is 1. The molecule has 0 aliphatic heterocycles. The average molecular weight is 165 g/mol. The van der Waals surface area contributed by atoms with Crippen molar-refractivity contribution in [3.63, 3.8) is 0 Å². The topological polar surface area (TPSA) is 59.2 Å². The van der Waals surface area contributed by atoms with Gasteiger partial charge < -0.3 is 10.6 Å². The molecule has 1 heterocycles. The van der Waals surface area contributed by atoms with Gasteiger partial charge in [0.05, 0.1) is 5.56 Å². The maximum atomic E-state index is 10.9. The van der Waals surface area contributed by atoms with Crippen molar-refractivity contribution in [2.24, 2.45) is 5.73 Å². The van der Waals surface area contributed by atoms with Gasteiger partial charge in [-0.05, 0) is 12.1 Å². The number of rotatable bonds is 2. The third-order valence-electron chi connectivity index (χ3n) is 1.48. The zero-order valence-corrected chi connectivity index (χ0v) is 7.11. The molecule has 0 saturated heterocycles. The fraction of sp³-hybridized carbons (Fsp3) is 0.250. The molecule has 12 heavy (non-hydrogen) atoms. The van der Waals surface area contributed by atoms with Crippen LogP contribution in [0.1, 0.15) is 10.4 Å². The van der Waals surface area contributed by atoms with Gasteiger partial charge >= 0.3 is 0 Å². The van der Waals surface area contributed by atoms with Crippen molar-refractivity contribution in [1.82, 2.24) is 4.98 Å². The predicted molar refractivity (Wildman–Crippen MR) is 47.1 cm³/mol. The Balaban J connectivity index is 3.17. The maximum absolute atomic E-state index is 10.9. The van der Waals surface area contributed by atoms with Crippen molar-refractivity contribution in [1.29, 1.82) is 0 Å². The van der Waals surface area contributed by atoms with E-state index in [1.54, 1.807) is 23.2 Å². The van der Waals surface area contributed by atoms with Crippen molar-refractivity contribution in [3.8, 4) is 0 Å². The first kappa shape index (κ1) is 8.52. The molecule has 1 aromatic rings. The van der Waals surface area contributed by atoms with E-state index >= 15 is 0 Å². The van der Waals surface area contributed by atoms with Gasteiger partial charge in [-0.15, -0.1) is 0 Å². The Bertz CT molecular complexity index is 296. The number of anilines is 1. The molecule has 0 spiro atoms. The van der Waals surface area contributed by atoms with Gasteiger partial charge in [0.1, 0.15) is 5.82 Å². The highest BCUT2D eigenvalue weighted by molar-refractivity contribution is 5.97. The van der Waals surface area contributed by atoms with Gasteiger partial charge in [-0.2, -0.15) is 0 Å². The summed E-state index contributed by atoms with van der Waals surface area (Å²) in [6, 6.07) is 3.34. The van der Waals surface area contributed by atoms with Crippen LogP contribution < -0.4 is 10.6 Å². The van der Waals surface area contributed by atoms with Gasteiger partial charge in [0.25, 0.3) is 5.91 Å². The molecule has 2 N–H and O–H groups in total. The first-order valence-electron chi connectivity index (χ1n) is 3.55. The number of nitrogens with two attached hydrogens (primary N) is 1. The van der Waals surface area contributed by atoms with Crippen LogP contribution in [0.5, 0.6) is 0 Å². The molecule has 4 nitrogen and oxygen atoms in total. The number of carbonyl (C=O) groups is 1. The smallest absolute Gasteiger partial charge is 0.252 e. The van der Waals surface area contributed by atoms with E-state index in [0.29, 0.717) is 11.4 Å². The summed E-state index contributed by atoms with van der Waals surface area (Å²) in [6.45, 7) is 0. The van der Waals surface area contributed by atoms with E-state index in [1.807, 2.05) is 14.1 Å². The number of hydrogen-bond donors (Lipinski definition) is 1. The van der Waals surface area contributed by atoms with Gasteiger partial charge in [0.15, 0.2) is 0 Å². The molecule has 0 radical (unpaired) electrons. The summed E-state index contributed by atoms with van der Waals surface area (Å²) in [4.78, 5) is 16.7. The fourth-order valence-electron chi connectivity index (χ4n) is 0.946. The van der Waals surface area contributed by atoms with E-state index in [1.165, 1.54) is 0 Å². The Morgan fingerprint density at radius 3 is 2.67 bits per heavy atom. The average Bonchev–Trinajstić information content (AvgIpc) is 2.04. The predicted octanol–water partition coefficient (Wildman–Crippen LogP) is 0.247. The minimum Gasteiger partial charge on any atom is -0.365 e. The van der Waals surface area contributed by atoms with E-state index in [-0.39, 0.29) is 0 Å². The van der Waals surface area contributed by atoms with Crippen LogP contribution in [-0.4, -0.2) is 25.0 Å². The number of carbonyl (C=O) groups excluding carboxylic acids is 1.